The topological polar surface area (TPSA) is 58.6 Å². The van der Waals surface area contributed by atoms with E-state index in [9.17, 15) is 9.59 Å². The number of nitrogens with one attached hydrogen (secondary N) is 1. The zero-order valence-electron chi connectivity index (χ0n) is 17.9. The molecule has 0 radical (unpaired) electrons. The SMILES string of the molecule is CCCNC(=O)C(C)N(Cc1cccc(OC)c1)C(=O)CCc1ccc(C)cc1. The van der Waals surface area contributed by atoms with E-state index in [0.717, 1.165) is 23.3 Å². The summed E-state index contributed by atoms with van der Waals surface area (Å²) in [4.78, 5) is 27.3. The van der Waals surface area contributed by atoms with Crippen molar-refractivity contribution in [1.29, 1.82) is 0 Å². The third kappa shape index (κ3) is 6.93. The Morgan fingerprint density at radius 2 is 1.83 bits per heavy atom. The molecule has 5 heteroatoms. The van der Waals surface area contributed by atoms with Gasteiger partial charge >= 0.3 is 0 Å². The molecule has 2 aromatic carbocycles. The van der Waals surface area contributed by atoms with Gasteiger partial charge in [0.1, 0.15) is 11.8 Å². The zero-order valence-corrected chi connectivity index (χ0v) is 17.9. The number of ether oxygens (including phenoxy) is 1. The normalized spacial score (nSPS) is 11.6. The lowest BCUT2D eigenvalue weighted by atomic mass is 10.1. The molecule has 2 amide bonds. The van der Waals surface area contributed by atoms with Gasteiger partial charge in [0.25, 0.3) is 0 Å². The van der Waals surface area contributed by atoms with Gasteiger partial charge in [-0.25, -0.2) is 0 Å². The van der Waals surface area contributed by atoms with E-state index in [1.54, 1.807) is 18.9 Å². The van der Waals surface area contributed by atoms with Gasteiger partial charge in [0.05, 0.1) is 7.11 Å². The predicted octanol–water partition coefficient (Wildman–Crippen LogP) is 3.88. The fraction of sp³-hybridized carbons (Fsp3) is 0.417. The monoisotopic (exact) mass is 396 g/mol. The summed E-state index contributed by atoms with van der Waals surface area (Å²) in [7, 11) is 1.62. The molecule has 0 saturated carbocycles. The Balaban J connectivity index is 2.14. The van der Waals surface area contributed by atoms with E-state index in [4.69, 9.17) is 4.74 Å². The van der Waals surface area contributed by atoms with Gasteiger partial charge in [-0.1, -0.05) is 48.9 Å². The van der Waals surface area contributed by atoms with E-state index in [0.29, 0.717) is 25.9 Å². The summed E-state index contributed by atoms with van der Waals surface area (Å²) in [5.74, 6) is 0.573. The largest absolute Gasteiger partial charge is 0.497 e. The molecule has 0 aliphatic heterocycles. The van der Waals surface area contributed by atoms with Crippen molar-refractivity contribution < 1.29 is 14.3 Å². The highest BCUT2D eigenvalue weighted by molar-refractivity contribution is 5.87. The van der Waals surface area contributed by atoms with Crippen molar-refractivity contribution in [3.63, 3.8) is 0 Å². The molecule has 1 N–H and O–H groups in total. The number of methoxy groups -OCH3 is 1. The first-order valence-electron chi connectivity index (χ1n) is 10.2. The van der Waals surface area contributed by atoms with Crippen molar-refractivity contribution in [1.82, 2.24) is 10.2 Å². The quantitative estimate of drug-likeness (QED) is 0.663. The van der Waals surface area contributed by atoms with E-state index in [1.807, 2.05) is 50.2 Å². The Hall–Kier alpha value is -2.82. The van der Waals surface area contributed by atoms with Crippen LogP contribution in [0.25, 0.3) is 0 Å². The van der Waals surface area contributed by atoms with E-state index in [1.165, 1.54) is 5.56 Å². The molecule has 0 bridgehead atoms. The summed E-state index contributed by atoms with van der Waals surface area (Å²) in [6.45, 7) is 6.81. The van der Waals surface area contributed by atoms with Gasteiger partial charge < -0.3 is 15.0 Å². The average Bonchev–Trinajstić information content (AvgIpc) is 2.74. The number of aryl methyl sites for hydroxylation is 2. The minimum absolute atomic E-state index is 0.0347. The number of carbonyl (C=O) groups is 2. The van der Waals surface area contributed by atoms with E-state index < -0.39 is 6.04 Å². The van der Waals surface area contributed by atoms with Crippen molar-refractivity contribution in [2.24, 2.45) is 0 Å². The first kappa shape index (κ1) is 22.5. The maximum Gasteiger partial charge on any atom is 0.242 e. The van der Waals surface area contributed by atoms with E-state index >= 15 is 0 Å². The zero-order chi connectivity index (χ0) is 21.2. The van der Waals surface area contributed by atoms with Gasteiger partial charge in [0.15, 0.2) is 0 Å². The molecule has 0 saturated heterocycles. The Labute approximate surface area is 174 Å². The van der Waals surface area contributed by atoms with Crippen LogP contribution in [-0.4, -0.2) is 36.4 Å². The van der Waals surface area contributed by atoms with Crippen LogP contribution >= 0.6 is 0 Å². The van der Waals surface area contributed by atoms with Crippen LogP contribution in [0.2, 0.25) is 0 Å². The highest BCUT2D eigenvalue weighted by Gasteiger charge is 2.25. The van der Waals surface area contributed by atoms with Gasteiger partial charge in [-0.05, 0) is 49.9 Å². The van der Waals surface area contributed by atoms with Crippen molar-refractivity contribution in [3.05, 3.63) is 65.2 Å². The Morgan fingerprint density at radius 3 is 2.48 bits per heavy atom. The number of amides is 2. The van der Waals surface area contributed by atoms with Gasteiger partial charge in [-0.3, -0.25) is 9.59 Å². The van der Waals surface area contributed by atoms with Crippen LogP contribution in [-0.2, 0) is 22.6 Å². The van der Waals surface area contributed by atoms with Crippen LogP contribution in [0.15, 0.2) is 48.5 Å². The predicted molar refractivity (Wildman–Crippen MR) is 116 cm³/mol. The summed E-state index contributed by atoms with van der Waals surface area (Å²) in [6, 6.07) is 15.3. The maximum atomic E-state index is 13.1. The molecular weight excluding hydrogens is 364 g/mol. The fourth-order valence-electron chi connectivity index (χ4n) is 3.10. The minimum atomic E-state index is -0.543. The lowest BCUT2D eigenvalue weighted by molar-refractivity contribution is -0.140. The highest BCUT2D eigenvalue weighted by Crippen LogP contribution is 2.17. The van der Waals surface area contributed by atoms with Crippen LogP contribution in [0, 0.1) is 6.92 Å². The van der Waals surface area contributed by atoms with Gasteiger partial charge in [0.2, 0.25) is 11.8 Å². The molecule has 0 spiro atoms. The molecule has 156 valence electrons. The first-order chi connectivity index (χ1) is 13.9. The van der Waals surface area contributed by atoms with Crippen LogP contribution in [0.5, 0.6) is 5.75 Å². The Morgan fingerprint density at radius 1 is 1.10 bits per heavy atom. The lowest BCUT2D eigenvalue weighted by Gasteiger charge is -2.29. The number of hydrogen-bond donors (Lipinski definition) is 1. The number of benzene rings is 2. The van der Waals surface area contributed by atoms with E-state index in [-0.39, 0.29) is 11.8 Å². The van der Waals surface area contributed by atoms with E-state index in [2.05, 4.69) is 17.4 Å². The number of nitrogens with zero attached hydrogens (tertiary/aromatic N) is 1. The summed E-state index contributed by atoms with van der Waals surface area (Å²) in [6.07, 6.45) is 1.87. The minimum Gasteiger partial charge on any atom is -0.497 e. The van der Waals surface area contributed by atoms with Gasteiger partial charge in [-0.2, -0.15) is 0 Å². The molecule has 5 nitrogen and oxygen atoms in total. The summed E-state index contributed by atoms with van der Waals surface area (Å²) < 4.78 is 5.29. The molecule has 0 aliphatic rings. The van der Waals surface area contributed by atoms with Gasteiger partial charge in [0, 0.05) is 19.5 Å². The second kappa shape index (κ2) is 11.2. The molecule has 1 atom stereocenters. The molecule has 0 aliphatic carbocycles. The Kier molecular flexibility index (Phi) is 8.71. The third-order valence-corrected chi connectivity index (χ3v) is 4.95. The van der Waals surface area contributed by atoms with Crippen molar-refractivity contribution in [3.8, 4) is 5.75 Å². The van der Waals surface area contributed by atoms with Gasteiger partial charge in [-0.15, -0.1) is 0 Å². The molecule has 2 aromatic rings. The third-order valence-electron chi connectivity index (χ3n) is 4.95. The number of rotatable bonds is 10. The maximum absolute atomic E-state index is 13.1. The average molecular weight is 397 g/mol. The smallest absolute Gasteiger partial charge is 0.242 e. The lowest BCUT2D eigenvalue weighted by Crippen LogP contribution is -2.47. The Bertz CT molecular complexity index is 802. The standard InChI is InChI=1S/C24H32N2O3/c1-5-15-25-24(28)19(3)26(17-21-7-6-8-22(16-21)29-4)23(27)14-13-20-11-9-18(2)10-12-20/h6-12,16,19H,5,13-15,17H2,1-4H3,(H,25,28). The van der Waals surface area contributed by atoms with Crippen LogP contribution < -0.4 is 10.1 Å². The van der Waals surface area contributed by atoms with Crippen molar-refractivity contribution in [2.75, 3.05) is 13.7 Å². The summed E-state index contributed by atoms with van der Waals surface area (Å²) >= 11 is 0. The molecule has 0 heterocycles. The molecule has 1 unspecified atom stereocenters. The molecule has 0 aromatic heterocycles. The summed E-state index contributed by atoms with van der Waals surface area (Å²) in [5.41, 5.74) is 3.25. The number of hydrogen-bond acceptors (Lipinski definition) is 3. The second-order valence-corrected chi connectivity index (χ2v) is 7.33. The fourth-order valence-corrected chi connectivity index (χ4v) is 3.10. The van der Waals surface area contributed by atoms with Crippen LogP contribution in [0.3, 0.4) is 0 Å². The second-order valence-electron chi connectivity index (χ2n) is 7.33. The van der Waals surface area contributed by atoms with Crippen LogP contribution in [0.4, 0.5) is 0 Å². The summed E-state index contributed by atoms with van der Waals surface area (Å²) in [5, 5.41) is 2.90. The van der Waals surface area contributed by atoms with Crippen molar-refractivity contribution >= 4 is 11.8 Å². The molecular formula is C24H32N2O3. The molecule has 29 heavy (non-hydrogen) atoms. The first-order valence-corrected chi connectivity index (χ1v) is 10.2. The van der Waals surface area contributed by atoms with Crippen molar-refractivity contribution in [2.45, 2.75) is 52.6 Å². The number of carbonyl (C=O) groups excluding carboxylic acids is 2. The highest BCUT2D eigenvalue weighted by atomic mass is 16.5. The molecule has 0 fully saturated rings. The van der Waals surface area contributed by atoms with Crippen LogP contribution in [0.1, 0.15) is 43.4 Å². The molecule has 2 rings (SSSR count).